The third kappa shape index (κ3) is 1.62. The van der Waals surface area contributed by atoms with Gasteiger partial charge >= 0.3 is 6.08 Å². The zero-order valence-corrected chi connectivity index (χ0v) is 6.69. The molecule has 0 saturated heterocycles. The number of nitrogens with zero attached hydrogens (tertiary/aromatic N) is 2. The van der Waals surface area contributed by atoms with Gasteiger partial charge in [0.15, 0.2) is 0 Å². The monoisotopic (exact) mass is 193 g/mol. The molecule has 0 amide bonds. The van der Waals surface area contributed by atoms with Gasteiger partial charge in [0.1, 0.15) is 5.03 Å². The van der Waals surface area contributed by atoms with E-state index in [0.717, 1.165) is 6.92 Å². The SMILES string of the molecule is Cc1c(F)nc(F)nc1S(=O)[O-]. The maximum atomic E-state index is 12.5. The molecule has 1 heterocycles. The second kappa shape index (κ2) is 3.20. The quantitative estimate of drug-likeness (QED) is 0.365. The summed E-state index contributed by atoms with van der Waals surface area (Å²) in [5, 5.41) is -0.653. The maximum absolute atomic E-state index is 12.5. The van der Waals surface area contributed by atoms with Gasteiger partial charge in [0, 0.05) is 5.56 Å². The van der Waals surface area contributed by atoms with Gasteiger partial charge in [0.2, 0.25) is 5.95 Å². The molecular weight excluding hydrogens is 190 g/mol. The van der Waals surface area contributed by atoms with E-state index < -0.39 is 28.1 Å². The summed E-state index contributed by atoms with van der Waals surface area (Å²) in [6.45, 7) is 1.15. The van der Waals surface area contributed by atoms with Gasteiger partial charge in [-0.3, -0.25) is 4.21 Å². The minimum absolute atomic E-state index is 0.287. The molecule has 12 heavy (non-hydrogen) atoms. The van der Waals surface area contributed by atoms with Gasteiger partial charge in [-0.05, 0) is 18.0 Å². The van der Waals surface area contributed by atoms with E-state index in [1.54, 1.807) is 0 Å². The molecule has 66 valence electrons. The molecule has 0 bridgehead atoms. The maximum Gasteiger partial charge on any atom is 0.312 e. The van der Waals surface area contributed by atoms with E-state index in [1.807, 2.05) is 0 Å². The highest BCUT2D eigenvalue weighted by molar-refractivity contribution is 7.79. The van der Waals surface area contributed by atoms with Crippen LogP contribution in [-0.4, -0.2) is 18.7 Å². The Kier molecular flexibility index (Phi) is 2.43. The second-order valence-electron chi connectivity index (χ2n) is 1.95. The smallest absolute Gasteiger partial charge is 0.312 e. The number of hydrogen-bond donors (Lipinski definition) is 0. The summed E-state index contributed by atoms with van der Waals surface area (Å²) in [5.74, 6) is -1.17. The van der Waals surface area contributed by atoms with Crippen LogP contribution in [-0.2, 0) is 11.1 Å². The van der Waals surface area contributed by atoms with Gasteiger partial charge in [-0.2, -0.15) is 18.7 Å². The Hall–Kier alpha value is -0.950. The molecule has 1 unspecified atom stereocenters. The van der Waals surface area contributed by atoms with E-state index in [2.05, 4.69) is 9.97 Å². The second-order valence-corrected chi connectivity index (χ2v) is 2.80. The molecular formula is C5H3F2N2O2S-. The summed E-state index contributed by atoms with van der Waals surface area (Å²) in [4.78, 5) is 5.60. The molecule has 0 fully saturated rings. The zero-order chi connectivity index (χ0) is 9.30. The normalized spacial score (nSPS) is 13.0. The van der Waals surface area contributed by atoms with Gasteiger partial charge in [0.05, 0.1) is 0 Å². The van der Waals surface area contributed by atoms with Crippen molar-refractivity contribution in [1.82, 2.24) is 9.97 Å². The van der Waals surface area contributed by atoms with Crippen LogP contribution in [0.1, 0.15) is 5.56 Å². The Morgan fingerprint density at radius 2 is 2.00 bits per heavy atom. The van der Waals surface area contributed by atoms with Crippen molar-refractivity contribution >= 4 is 11.1 Å². The van der Waals surface area contributed by atoms with Crippen molar-refractivity contribution in [2.24, 2.45) is 0 Å². The summed E-state index contributed by atoms with van der Waals surface area (Å²) in [6.07, 6.45) is -1.39. The third-order valence-electron chi connectivity index (χ3n) is 1.17. The lowest BCUT2D eigenvalue weighted by atomic mass is 10.4. The van der Waals surface area contributed by atoms with Crippen molar-refractivity contribution in [3.05, 3.63) is 17.6 Å². The van der Waals surface area contributed by atoms with Gasteiger partial charge in [0.25, 0.3) is 0 Å². The number of rotatable bonds is 1. The molecule has 0 spiro atoms. The zero-order valence-electron chi connectivity index (χ0n) is 5.88. The first-order valence-corrected chi connectivity index (χ1v) is 3.88. The third-order valence-corrected chi connectivity index (χ3v) is 1.89. The molecule has 1 aromatic rings. The van der Waals surface area contributed by atoms with E-state index in [1.165, 1.54) is 0 Å². The molecule has 1 atom stereocenters. The Morgan fingerprint density at radius 3 is 2.50 bits per heavy atom. The van der Waals surface area contributed by atoms with E-state index in [0.29, 0.717) is 0 Å². The fraction of sp³-hybridized carbons (Fsp3) is 0.200. The molecule has 0 saturated carbocycles. The summed E-state index contributed by atoms with van der Waals surface area (Å²) in [7, 11) is 0. The van der Waals surface area contributed by atoms with Crippen molar-refractivity contribution in [3.63, 3.8) is 0 Å². The van der Waals surface area contributed by atoms with Gasteiger partial charge < -0.3 is 4.55 Å². The molecule has 0 aliphatic carbocycles. The van der Waals surface area contributed by atoms with Gasteiger partial charge in [-0.15, -0.1) is 0 Å². The van der Waals surface area contributed by atoms with Crippen LogP contribution in [0, 0.1) is 18.9 Å². The predicted octanol–water partition coefficient (Wildman–Crippen LogP) is 0.301. The van der Waals surface area contributed by atoms with Gasteiger partial charge in [-0.1, -0.05) is 0 Å². The Bertz CT molecular complexity index is 344. The predicted molar refractivity (Wildman–Crippen MR) is 33.9 cm³/mol. The van der Waals surface area contributed by atoms with Crippen molar-refractivity contribution in [2.45, 2.75) is 11.9 Å². The summed E-state index contributed by atoms with van der Waals surface area (Å²) >= 11 is -2.74. The fourth-order valence-corrected chi connectivity index (χ4v) is 1.09. The van der Waals surface area contributed by atoms with Crippen LogP contribution in [0.5, 0.6) is 0 Å². The highest BCUT2D eigenvalue weighted by Gasteiger charge is 2.10. The first-order valence-electron chi connectivity index (χ1n) is 2.81. The molecule has 0 aromatic carbocycles. The van der Waals surface area contributed by atoms with E-state index in [9.17, 15) is 17.5 Å². The number of hydrogen-bond acceptors (Lipinski definition) is 4. The summed E-state index contributed by atoms with van der Waals surface area (Å²) < 4.78 is 45.4. The first-order chi connectivity index (χ1) is 5.52. The van der Waals surface area contributed by atoms with Crippen LogP contribution in [0.25, 0.3) is 0 Å². The molecule has 7 heteroatoms. The number of aromatic nitrogens is 2. The van der Waals surface area contributed by atoms with Crippen molar-refractivity contribution in [1.29, 1.82) is 0 Å². The Morgan fingerprint density at radius 1 is 1.42 bits per heavy atom. The topological polar surface area (TPSA) is 65.9 Å². The molecule has 0 aliphatic heterocycles. The largest absolute Gasteiger partial charge is 0.767 e. The number of halogens is 2. The lowest BCUT2D eigenvalue weighted by Gasteiger charge is -2.06. The highest BCUT2D eigenvalue weighted by Crippen LogP contribution is 2.10. The van der Waals surface area contributed by atoms with Gasteiger partial charge in [-0.25, -0.2) is 0 Å². The van der Waals surface area contributed by atoms with E-state index in [-0.39, 0.29) is 5.56 Å². The summed E-state index contributed by atoms with van der Waals surface area (Å²) in [5.41, 5.74) is -0.287. The Balaban J connectivity index is 3.37. The van der Waals surface area contributed by atoms with Crippen LogP contribution in [0.4, 0.5) is 8.78 Å². The van der Waals surface area contributed by atoms with E-state index >= 15 is 0 Å². The van der Waals surface area contributed by atoms with Crippen LogP contribution in [0.3, 0.4) is 0 Å². The lowest BCUT2D eigenvalue weighted by molar-refractivity contribution is 0.455. The standard InChI is InChI=1S/C5H4F2N2O2S/c1-2-3(6)8-5(7)9-4(2)12(10)11/h1H3,(H,10,11)/p-1. The minimum atomic E-state index is -2.74. The molecule has 4 nitrogen and oxygen atoms in total. The van der Waals surface area contributed by atoms with Crippen LogP contribution in [0.2, 0.25) is 0 Å². The van der Waals surface area contributed by atoms with Crippen LogP contribution < -0.4 is 0 Å². The highest BCUT2D eigenvalue weighted by atomic mass is 32.2. The molecule has 1 rings (SSSR count). The lowest BCUT2D eigenvalue weighted by Crippen LogP contribution is -2.05. The minimum Gasteiger partial charge on any atom is -0.767 e. The molecule has 1 aromatic heterocycles. The van der Waals surface area contributed by atoms with Crippen LogP contribution >= 0.6 is 0 Å². The van der Waals surface area contributed by atoms with Crippen molar-refractivity contribution in [3.8, 4) is 0 Å². The molecule has 0 radical (unpaired) electrons. The fourth-order valence-electron chi connectivity index (χ4n) is 0.608. The van der Waals surface area contributed by atoms with Crippen LogP contribution in [0.15, 0.2) is 5.03 Å². The Labute approximate surface area is 68.9 Å². The first kappa shape index (κ1) is 9.14. The van der Waals surface area contributed by atoms with E-state index in [4.69, 9.17) is 0 Å². The summed E-state index contributed by atoms with van der Waals surface area (Å²) in [6, 6.07) is 0. The average Bonchev–Trinajstić information content (AvgIpc) is 1.96. The van der Waals surface area contributed by atoms with Crippen molar-refractivity contribution < 1.29 is 17.5 Å². The molecule has 0 N–H and O–H groups in total. The molecule has 0 aliphatic rings. The average molecular weight is 193 g/mol. The van der Waals surface area contributed by atoms with Crippen molar-refractivity contribution in [2.75, 3.05) is 0 Å².